The maximum Gasteiger partial charge on any atom is 0.374 e. The van der Waals surface area contributed by atoms with Crippen molar-refractivity contribution in [3.63, 3.8) is 0 Å². The van der Waals surface area contributed by atoms with Crippen molar-refractivity contribution in [1.29, 1.82) is 0 Å². The molecule has 2 aliphatic rings. The summed E-state index contributed by atoms with van der Waals surface area (Å²) in [7, 11) is 0. The lowest BCUT2D eigenvalue weighted by atomic mass is 10.2. The first-order valence-corrected chi connectivity index (χ1v) is 5.28. The summed E-state index contributed by atoms with van der Waals surface area (Å²) in [5.74, 6) is -0.550. The summed E-state index contributed by atoms with van der Waals surface area (Å²) in [6, 6.07) is 0.392. The van der Waals surface area contributed by atoms with Gasteiger partial charge in [0.2, 0.25) is 5.82 Å². The second-order valence-corrected chi connectivity index (χ2v) is 4.21. The van der Waals surface area contributed by atoms with E-state index in [-0.39, 0.29) is 5.82 Å². The lowest BCUT2D eigenvalue weighted by Gasteiger charge is -2.28. The first-order valence-electron chi connectivity index (χ1n) is 5.28. The third kappa shape index (κ3) is 1.22. The zero-order chi connectivity index (χ0) is 11.3. The minimum Gasteiger partial charge on any atom is -0.475 e. The van der Waals surface area contributed by atoms with E-state index in [2.05, 4.69) is 20.2 Å². The molecule has 2 bridgehead atoms. The average Bonchev–Trinajstić information content (AvgIpc) is 2.59. The number of fused-ring (bicyclic) bond motifs is 4. The molecule has 1 fully saturated rings. The van der Waals surface area contributed by atoms with E-state index in [1.54, 1.807) is 0 Å². The highest BCUT2D eigenvalue weighted by atomic mass is 16.4. The van der Waals surface area contributed by atoms with Gasteiger partial charge in [-0.25, -0.2) is 14.8 Å². The molecule has 0 aromatic carbocycles. The molecule has 1 saturated heterocycles. The number of carbonyl (C=O) groups is 1. The highest BCUT2D eigenvalue weighted by Crippen LogP contribution is 2.35. The molecule has 0 saturated carbocycles. The Balaban J connectivity index is 2.14. The van der Waals surface area contributed by atoms with Crippen LogP contribution in [0.5, 0.6) is 0 Å². The van der Waals surface area contributed by atoms with E-state index >= 15 is 0 Å². The van der Waals surface area contributed by atoms with Crippen molar-refractivity contribution < 1.29 is 9.90 Å². The Morgan fingerprint density at radius 1 is 1.56 bits per heavy atom. The number of aryl methyl sites for hydroxylation is 1. The minimum absolute atomic E-state index is 0.133. The fraction of sp³-hybridized carbons (Fsp3) is 0.500. The van der Waals surface area contributed by atoms with E-state index < -0.39 is 5.97 Å². The van der Waals surface area contributed by atoms with Crippen molar-refractivity contribution >= 4 is 17.5 Å². The Bertz CT molecular complexity index is 474. The minimum atomic E-state index is -1.08. The third-order valence-electron chi connectivity index (χ3n) is 3.09. The van der Waals surface area contributed by atoms with E-state index in [1.165, 1.54) is 0 Å². The molecule has 3 rings (SSSR count). The summed E-state index contributed by atoms with van der Waals surface area (Å²) in [6.07, 6.45) is 1.07. The molecule has 0 unspecified atom stereocenters. The van der Waals surface area contributed by atoms with Gasteiger partial charge in [-0.1, -0.05) is 0 Å². The van der Waals surface area contributed by atoms with Crippen molar-refractivity contribution in [1.82, 2.24) is 9.97 Å². The van der Waals surface area contributed by atoms with Gasteiger partial charge in [-0.2, -0.15) is 0 Å². The van der Waals surface area contributed by atoms with Gasteiger partial charge in [0, 0.05) is 19.1 Å². The molecular weight excluding hydrogens is 208 g/mol. The quantitative estimate of drug-likeness (QED) is 0.717. The Hall–Kier alpha value is -1.85. The first-order chi connectivity index (χ1) is 7.65. The maximum atomic E-state index is 10.9. The van der Waals surface area contributed by atoms with Gasteiger partial charge in [0.15, 0.2) is 5.82 Å². The summed E-state index contributed by atoms with van der Waals surface area (Å²) >= 11 is 0. The molecule has 2 aliphatic heterocycles. The Kier molecular flexibility index (Phi) is 1.80. The zero-order valence-electron chi connectivity index (χ0n) is 8.90. The van der Waals surface area contributed by atoms with Crippen LogP contribution >= 0.6 is 0 Å². The average molecular weight is 220 g/mol. The molecule has 2 N–H and O–H groups in total. The molecule has 0 aliphatic carbocycles. The molecule has 0 radical (unpaired) electrons. The first kappa shape index (κ1) is 9.38. The standard InChI is InChI=1S/C10H12N4O2/c1-5-7-8(13-9(11-5)10(15)16)12-6-2-3-14(7)4-6/h6H,2-4H2,1H3,(H,15,16)(H,11,12,13)/t6-/m0/s1. The number of carboxylic acids is 1. The van der Waals surface area contributed by atoms with Crippen molar-refractivity contribution in [3.8, 4) is 0 Å². The summed E-state index contributed by atoms with van der Waals surface area (Å²) in [5, 5.41) is 12.2. The van der Waals surface area contributed by atoms with Gasteiger partial charge in [-0.15, -0.1) is 0 Å². The fourth-order valence-corrected chi connectivity index (χ4v) is 2.42. The molecule has 16 heavy (non-hydrogen) atoms. The maximum absolute atomic E-state index is 10.9. The van der Waals surface area contributed by atoms with Crippen LogP contribution in [-0.4, -0.2) is 40.2 Å². The van der Waals surface area contributed by atoms with Crippen molar-refractivity contribution in [2.24, 2.45) is 0 Å². The van der Waals surface area contributed by atoms with Crippen LogP contribution in [0.25, 0.3) is 0 Å². The largest absolute Gasteiger partial charge is 0.475 e. The van der Waals surface area contributed by atoms with Gasteiger partial charge in [0.25, 0.3) is 0 Å². The molecule has 1 atom stereocenters. The third-order valence-corrected chi connectivity index (χ3v) is 3.09. The van der Waals surface area contributed by atoms with Gasteiger partial charge in [0.05, 0.1) is 5.69 Å². The fourth-order valence-electron chi connectivity index (χ4n) is 2.42. The summed E-state index contributed by atoms with van der Waals surface area (Å²) in [6.45, 7) is 3.78. The number of aromatic carboxylic acids is 1. The monoisotopic (exact) mass is 220 g/mol. The normalized spacial score (nSPS) is 21.6. The van der Waals surface area contributed by atoms with Gasteiger partial charge >= 0.3 is 5.97 Å². The van der Waals surface area contributed by atoms with Crippen LogP contribution in [0.3, 0.4) is 0 Å². The van der Waals surface area contributed by atoms with Gasteiger partial charge in [-0.3, -0.25) is 0 Å². The van der Waals surface area contributed by atoms with Crippen molar-refractivity contribution in [2.75, 3.05) is 23.3 Å². The number of nitrogens with zero attached hydrogens (tertiary/aromatic N) is 3. The van der Waals surface area contributed by atoms with Crippen LogP contribution in [-0.2, 0) is 0 Å². The highest BCUT2D eigenvalue weighted by Gasteiger charge is 2.33. The second-order valence-electron chi connectivity index (χ2n) is 4.21. The van der Waals surface area contributed by atoms with Crippen LogP contribution in [0.4, 0.5) is 11.5 Å². The van der Waals surface area contributed by atoms with Gasteiger partial charge in [0.1, 0.15) is 5.69 Å². The Labute approximate surface area is 92.3 Å². The van der Waals surface area contributed by atoms with E-state index in [0.717, 1.165) is 30.9 Å². The van der Waals surface area contributed by atoms with Gasteiger partial charge in [-0.05, 0) is 13.3 Å². The number of aromatic nitrogens is 2. The van der Waals surface area contributed by atoms with E-state index in [0.29, 0.717) is 11.9 Å². The predicted octanol–water partition coefficient (Wildman–Crippen LogP) is 0.487. The lowest BCUT2D eigenvalue weighted by Crippen LogP contribution is -2.33. The number of anilines is 2. The van der Waals surface area contributed by atoms with Crippen LogP contribution < -0.4 is 10.2 Å². The van der Waals surface area contributed by atoms with E-state index in [9.17, 15) is 4.79 Å². The summed E-state index contributed by atoms with van der Waals surface area (Å²) < 4.78 is 0. The van der Waals surface area contributed by atoms with Crippen LogP contribution in [0.2, 0.25) is 0 Å². The van der Waals surface area contributed by atoms with Crippen molar-refractivity contribution in [2.45, 2.75) is 19.4 Å². The Morgan fingerprint density at radius 2 is 2.38 bits per heavy atom. The number of hydrogen-bond acceptors (Lipinski definition) is 5. The van der Waals surface area contributed by atoms with Crippen LogP contribution in [0.1, 0.15) is 22.7 Å². The molecule has 1 aromatic rings. The predicted molar refractivity (Wildman–Crippen MR) is 58.0 cm³/mol. The van der Waals surface area contributed by atoms with E-state index in [1.807, 2.05) is 6.92 Å². The number of nitrogens with one attached hydrogen (secondary N) is 1. The Morgan fingerprint density at radius 3 is 3.12 bits per heavy atom. The van der Waals surface area contributed by atoms with Crippen LogP contribution in [0, 0.1) is 6.92 Å². The van der Waals surface area contributed by atoms with Gasteiger partial charge < -0.3 is 15.3 Å². The molecule has 0 amide bonds. The highest BCUT2D eigenvalue weighted by molar-refractivity contribution is 5.85. The van der Waals surface area contributed by atoms with E-state index in [4.69, 9.17) is 5.11 Å². The molecule has 6 nitrogen and oxygen atoms in total. The number of hydrogen-bond donors (Lipinski definition) is 2. The van der Waals surface area contributed by atoms with Crippen LogP contribution in [0.15, 0.2) is 0 Å². The SMILES string of the molecule is Cc1nc(C(=O)O)nc2c1N1CC[C@@H](C1)N2. The number of carboxylic acid groups (broad SMARTS) is 1. The molecule has 6 heteroatoms. The smallest absolute Gasteiger partial charge is 0.374 e. The van der Waals surface area contributed by atoms with Crippen molar-refractivity contribution in [3.05, 3.63) is 11.5 Å². The molecule has 0 spiro atoms. The summed E-state index contributed by atoms with van der Waals surface area (Å²) in [4.78, 5) is 21.1. The topological polar surface area (TPSA) is 78.3 Å². The summed E-state index contributed by atoms with van der Waals surface area (Å²) in [5.41, 5.74) is 1.69. The lowest BCUT2D eigenvalue weighted by molar-refractivity contribution is 0.0683. The zero-order valence-corrected chi connectivity index (χ0v) is 8.90. The second kappa shape index (κ2) is 3.07. The molecular formula is C10H12N4O2. The number of rotatable bonds is 1. The molecule has 84 valence electrons. The molecule has 3 heterocycles. The molecule has 1 aromatic heterocycles.